The number of carbonyl (C=O) groups is 1. The first-order valence-electron chi connectivity index (χ1n) is 4.00. The maximum Gasteiger partial charge on any atom is 0.146 e. The molecule has 0 amide bonds. The molecule has 0 saturated heterocycles. The molecule has 0 spiro atoms. The van der Waals surface area contributed by atoms with E-state index in [1.165, 1.54) is 0 Å². The van der Waals surface area contributed by atoms with Gasteiger partial charge in [-0.1, -0.05) is 6.08 Å². The largest absolute Gasteiger partial charge is 0.359 e. The Morgan fingerprint density at radius 3 is 2.83 bits per heavy atom. The third-order valence-electron chi connectivity index (χ3n) is 1.46. The summed E-state index contributed by atoms with van der Waals surface area (Å²) < 4.78 is 10.0. The lowest BCUT2D eigenvalue weighted by Crippen LogP contribution is -2.13. The molecule has 0 saturated carbocycles. The Bertz CT molecular complexity index is 123. The third-order valence-corrected chi connectivity index (χ3v) is 1.46. The quantitative estimate of drug-likeness (QED) is 0.316. The van der Waals surface area contributed by atoms with Gasteiger partial charge in [0.25, 0.3) is 0 Å². The van der Waals surface area contributed by atoms with Crippen molar-refractivity contribution < 1.29 is 14.3 Å². The number of rotatable bonds is 8. The number of hydrogen-bond donors (Lipinski definition) is 0. The molecule has 3 heteroatoms. The molecule has 0 aromatic carbocycles. The van der Waals surface area contributed by atoms with E-state index in [9.17, 15) is 4.79 Å². The number of hydrogen-bond acceptors (Lipinski definition) is 3. The van der Waals surface area contributed by atoms with Gasteiger partial charge in [0.1, 0.15) is 13.1 Å². The van der Waals surface area contributed by atoms with Crippen molar-refractivity contribution in [2.75, 3.05) is 13.9 Å². The topological polar surface area (TPSA) is 35.5 Å². The van der Waals surface area contributed by atoms with Gasteiger partial charge in [-0.2, -0.15) is 0 Å². The molecule has 0 aliphatic carbocycles. The Morgan fingerprint density at radius 1 is 1.58 bits per heavy atom. The highest BCUT2D eigenvalue weighted by atomic mass is 16.7. The normalized spacial score (nSPS) is 12.4. The number of ether oxygens (including phenoxy) is 2. The SMILES string of the molecule is C=CC[C@H](CCC=O)OCOC. The van der Waals surface area contributed by atoms with Gasteiger partial charge in [-0.25, -0.2) is 0 Å². The maximum atomic E-state index is 10.1. The van der Waals surface area contributed by atoms with E-state index in [2.05, 4.69) is 6.58 Å². The van der Waals surface area contributed by atoms with Crippen LogP contribution < -0.4 is 0 Å². The smallest absolute Gasteiger partial charge is 0.146 e. The second-order valence-corrected chi connectivity index (χ2v) is 2.46. The van der Waals surface area contributed by atoms with Crippen molar-refractivity contribution >= 4 is 6.29 Å². The first-order chi connectivity index (χ1) is 5.85. The van der Waals surface area contributed by atoms with Crippen molar-refractivity contribution in [3.8, 4) is 0 Å². The zero-order chi connectivity index (χ0) is 9.23. The molecule has 0 aliphatic rings. The minimum Gasteiger partial charge on any atom is -0.359 e. The summed E-state index contributed by atoms with van der Waals surface area (Å²) in [7, 11) is 1.57. The van der Waals surface area contributed by atoms with Crippen molar-refractivity contribution in [1.29, 1.82) is 0 Å². The first kappa shape index (κ1) is 11.3. The molecule has 0 aliphatic heterocycles. The number of methoxy groups -OCH3 is 1. The van der Waals surface area contributed by atoms with Crippen molar-refractivity contribution in [3.05, 3.63) is 12.7 Å². The Labute approximate surface area is 73.4 Å². The Morgan fingerprint density at radius 2 is 2.33 bits per heavy atom. The second kappa shape index (κ2) is 8.43. The van der Waals surface area contributed by atoms with Crippen LogP contribution in [0.15, 0.2) is 12.7 Å². The summed E-state index contributed by atoms with van der Waals surface area (Å²) in [6.45, 7) is 3.88. The molecule has 0 radical (unpaired) electrons. The van der Waals surface area contributed by atoms with Crippen LogP contribution in [-0.4, -0.2) is 26.3 Å². The zero-order valence-corrected chi connectivity index (χ0v) is 7.49. The van der Waals surface area contributed by atoms with Crippen LogP contribution in [0.1, 0.15) is 19.3 Å². The van der Waals surface area contributed by atoms with Crippen LogP contribution in [-0.2, 0) is 14.3 Å². The van der Waals surface area contributed by atoms with E-state index in [0.717, 1.165) is 19.1 Å². The molecule has 0 aromatic rings. The predicted molar refractivity (Wildman–Crippen MR) is 46.9 cm³/mol. The fraction of sp³-hybridized carbons (Fsp3) is 0.667. The molecule has 0 rings (SSSR count). The molecule has 12 heavy (non-hydrogen) atoms. The second-order valence-electron chi connectivity index (χ2n) is 2.46. The summed E-state index contributed by atoms with van der Waals surface area (Å²) in [4.78, 5) is 10.1. The highest BCUT2D eigenvalue weighted by Gasteiger charge is 2.05. The Balaban J connectivity index is 3.52. The minimum absolute atomic E-state index is 0.0626. The average Bonchev–Trinajstić information content (AvgIpc) is 2.10. The standard InChI is InChI=1S/C9H16O3/c1-3-5-9(6-4-7-10)12-8-11-2/h3,7,9H,1,4-6,8H2,2H3/t9-/m1/s1. The van der Waals surface area contributed by atoms with Gasteiger partial charge in [-0.05, 0) is 12.8 Å². The molecule has 1 atom stereocenters. The van der Waals surface area contributed by atoms with Gasteiger partial charge in [0.2, 0.25) is 0 Å². The van der Waals surface area contributed by atoms with E-state index in [1.807, 2.05) is 0 Å². The predicted octanol–water partition coefficient (Wildman–Crippen LogP) is 1.53. The Hall–Kier alpha value is -0.670. The van der Waals surface area contributed by atoms with Crippen molar-refractivity contribution in [2.45, 2.75) is 25.4 Å². The summed E-state index contributed by atoms with van der Waals surface area (Å²) >= 11 is 0. The van der Waals surface area contributed by atoms with E-state index in [0.29, 0.717) is 6.42 Å². The monoisotopic (exact) mass is 172 g/mol. The minimum atomic E-state index is 0.0626. The van der Waals surface area contributed by atoms with E-state index < -0.39 is 0 Å². The molecule has 0 unspecified atom stereocenters. The van der Waals surface area contributed by atoms with Crippen molar-refractivity contribution in [3.63, 3.8) is 0 Å². The zero-order valence-electron chi connectivity index (χ0n) is 7.49. The van der Waals surface area contributed by atoms with Crippen LogP contribution >= 0.6 is 0 Å². The Kier molecular flexibility index (Phi) is 7.96. The van der Waals surface area contributed by atoms with Gasteiger partial charge in [0.15, 0.2) is 0 Å². The van der Waals surface area contributed by atoms with Crippen LogP contribution in [0, 0.1) is 0 Å². The molecule has 3 nitrogen and oxygen atoms in total. The summed E-state index contributed by atoms with van der Waals surface area (Å²) in [5.74, 6) is 0. The van der Waals surface area contributed by atoms with E-state index in [1.54, 1.807) is 13.2 Å². The highest BCUT2D eigenvalue weighted by Crippen LogP contribution is 2.06. The lowest BCUT2D eigenvalue weighted by Gasteiger charge is -2.13. The molecular formula is C9H16O3. The van der Waals surface area contributed by atoms with Crippen LogP contribution in [0.2, 0.25) is 0 Å². The molecule has 0 N–H and O–H groups in total. The molecule has 0 fully saturated rings. The van der Waals surface area contributed by atoms with Gasteiger partial charge >= 0.3 is 0 Å². The van der Waals surface area contributed by atoms with E-state index in [-0.39, 0.29) is 12.9 Å². The molecule has 0 heterocycles. The van der Waals surface area contributed by atoms with Crippen LogP contribution in [0.5, 0.6) is 0 Å². The van der Waals surface area contributed by atoms with Crippen LogP contribution in [0.25, 0.3) is 0 Å². The van der Waals surface area contributed by atoms with Crippen molar-refractivity contribution in [2.24, 2.45) is 0 Å². The van der Waals surface area contributed by atoms with Crippen molar-refractivity contribution in [1.82, 2.24) is 0 Å². The summed E-state index contributed by atoms with van der Waals surface area (Å²) in [6, 6.07) is 0. The van der Waals surface area contributed by atoms with Gasteiger partial charge in [0, 0.05) is 13.5 Å². The highest BCUT2D eigenvalue weighted by molar-refractivity contribution is 5.49. The third kappa shape index (κ3) is 6.07. The fourth-order valence-corrected chi connectivity index (χ4v) is 0.873. The summed E-state index contributed by atoms with van der Waals surface area (Å²) in [5, 5.41) is 0. The van der Waals surface area contributed by atoms with Gasteiger partial charge < -0.3 is 14.3 Å². The first-order valence-corrected chi connectivity index (χ1v) is 4.00. The summed E-state index contributed by atoms with van der Waals surface area (Å²) in [5.41, 5.74) is 0. The summed E-state index contributed by atoms with van der Waals surface area (Å²) in [6.07, 6.45) is 4.77. The van der Waals surface area contributed by atoms with Gasteiger partial charge in [-0.15, -0.1) is 6.58 Å². The maximum absolute atomic E-state index is 10.1. The lowest BCUT2D eigenvalue weighted by molar-refractivity contribution is -0.109. The number of carbonyl (C=O) groups excluding carboxylic acids is 1. The van der Waals surface area contributed by atoms with E-state index in [4.69, 9.17) is 9.47 Å². The molecule has 70 valence electrons. The van der Waals surface area contributed by atoms with Crippen LogP contribution in [0.4, 0.5) is 0 Å². The fourth-order valence-electron chi connectivity index (χ4n) is 0.873. The molecule has 0 bridgehead atoms. The van der Waals surface area contributed by atoms with Gasteiger partial charge in [-0.3, -0.25) is 0 Å². The van der Waals surface area contributed by atoms with E-state index >= 15 is 0 Å². The number of aldehydes is 1. The molecular weight excluding hydrogens is 156 g/mol. The molecule has 0 aromatic heterocycles. The van der Waals surface area contributed by atoms with Gasteiger partial charge in [0.05, 0.1) is 6.10 Å². The lowest BCUT2D eigenvalue weighted by atomic mass is 10.1. The average molecular weight is 172 g/mol. The van der Waals surface area contributed by atoms with Crippen LogP contribution in [0.3, 0.4) is 0 Å².